The Morgan fingerprint density at radius 2 is 1.89 bits per heavy atom. The van der Waals surface area contributed by atoms with Gasteiger partial charge in [-0.2, -0.15) is 0 Å². The maximum Gasteiger partial charge on any atom is 0.0106 e. The van der Waals surface area contributed by atoms with Crippen LogP contribution in [0.2, 0.25) is 0 Å². The first-order chi connectivity index (χ1) is 8.92. The van der Waals surface area contributed by atoms with Crippen molar-refractivity contribution in [1.82, 2.24) is 5.32 Å². The molecule has 1 nitrogen and oxygen atoms in total. The Morgan fingerprint density at radius 1 is 1.06 bits per heavy atom. The van der Waals surface area contributed by atoms with Gasteiger partial charge in [-0.1, -0.05) is 30.3 Å². The normalized spacial score (nSPS) is 15.1. The van der Waals surface area contributed by atoms with Gasteiger partial charge < -0.3 is 5.32 Å². The molecule has 0 bridgehead atoms. The highest BCUT2D eigenvalue weighted by Crippen LogP contribution is 2.27. The molecular formula is C16H19NS. The highest BCUT2D eigenvalue weighted by atomic mass is 32.2. The highest BCUT2D eigenvalue weighted by Gasteiger charge is 2.19. The van der Waals surface area contributed by atoms with E-state index in [4.69, 9.17) is 0 Å². The third kappa shape index (κ3) is 3.27. The van der Waals surface area contributed by atoms with Gasteiger partial charge in [-0.15, -0.1) is 11.8 Å². The molecule has 0 saturated heterocycles. The Kier molecular flexibility index (Phi) is 3.87. The van der Waals surface area contributed by atoms with Gasteiger partial charge in [0.25, 0.3) is 0 Å². The van der Waals surface area contributed by atoms with Crippen molar-refractivity contribution in [2.24, 2.45) is 5.92 Å². The van der Waals surface area contributed by atoms with Crippen LogP contribution in [-0.2, 0) is 0 Å². The van der Waals surface area contributed by atoms with Crippen LogP contribution in [-0.4, -0.2) is 18.8 Å². The summed E-state index contributed by atoms with van der Waals surface area (Å²) in [5.74, 6) is 2.14. The lowest BCUT2D eigenvalue weighted by molar-refractivity contribution is 0.666. The van der Waals surface area contributed by atoms with E-state index in [1.54, 1.807) is 0 Å². The zero-order valence-electron chi connectivity index (χ0n) is 10.6. The zero-order chi connectivity index (χ0) is 12.2. The molecular weight excluding hydrogens is 238 g/mol. The van der Waals surface area contributed by atoms with E-state index in [0.717, 1.165) is 18.2 Å². The zero-order valence-corrected chi connectivity index (χ0v) is 11.4. The molecule has 1 fully saturated rings. The minimum Gasteiger partial charge on any atom is -0.316 e. The Labute approximate surface area is 113 Å². The Morgan fingerprint density at radius 3 is 2.72 bits per heavy atom. The number of benzene rings is 2. The van der Waals surface area contributed by atoms with Crippen molar-refractivity contribution in [3.63, 3.8) is 0 Å². The van der Waals surface area contributed by atoms with E-state index >= 15 is 0 Å². The summed E-state index contributed by atoms with van der Waals surface area (Å²) in [6.07, 6.45) is 2.87. The Bertz CT molecular complexity index is 519. The van der Waals surface area contributed by atoms with E-state index in [1.165, 1.54) is 35.1 Å². The van der Waals surface area contributed by atoms with Crippen LogP contribution in [0.25, 0.3) is 10.8 Å². The van der Waals surface area contributed by atoms with Gasteiger partial charge in [0.15, 0.2) is 0 Å². The van der Waals surface area contributed by atoms with Crippen molar-refractivity contribution >= 4 is 22.5 Å². The van der Waals surface area contributed by atoms with Gasteiger partial charge in [-0.3, -0.25) is 0 Å². The van der Waals surface area contributed by atoms with Crippen molar-refractivity contribution in [2.45, 2.75) is 17.7 Å². The molecule has 0 heterocycles. The van der Waals surface area contributed by atoms with Gasteiger partial charge >= 0.3 is 0 Å². The second kappa shape index (κ2) is 5.77. The fourth-order valence-electron chi connectivity index (χ4n) is 2.13. The second-order valence-electron chi connectivity index (χ2n) is 5.00. The summed E-state index contributed by atoms with van der Waals surface area (Å²) in [5, 5.41) is 6.20. The summed E-state index contributed by atoms with van der Waals surface area (Å²) >= 11 is 1.94. The van der Waals surface area contributed by atoms with Gasteiger partial charge in [0.05, 0.1) is 0 Å². The van der Waals surface area contributed by atoms with Gasteiger partial charge in [0.2, 0.25) is 0 Å². The number of nitrogens with one attached hydrogen (secondary N) is 1. The SMILES string of the molecule is c1ccc2cc(SCCNCC3CC3)ccc2c1. The van der Waals surface area contributed by atoms with Crippen LogP contribution >= 0.6 is 11.8 Å². The number of fused-ring (bicyclic) bond motifs is 1. The lowest BCUT2D eigenvalue weighted by Crippen LogP contribution is -2.19. The predicted octanol–water partition coefficient (Wildman–Crippen LogP) is 3.93. The largest absolute Gasteiger partial charge is 0.316 e. The fourth-order valence-corrected chi connectivity index (χ4v) is 2.98. The highest BCUT2D eigenvalue weighted by molar-refractivity contribution is 7.99. The van der Waals surface area contributed by atoms with Crippen LogP contribution in [0.1, 0.15) is 12.8 Å². The molecule has 0 aromatic heterocycles. The molecule has 1 saturated carbocycles. The predicted molar refractivity (Wildman–Crippen MR) is 80.3 cm³/mol. The van der Waals surface area contributed by atoms with Crippen molar-refractivity contribution < 1.29 is 0 Å². The molecule has 0 unspecified atom stereocenters. The molecule has 2 aromatic carbocycles. The molecule has 0 spiro atoms. The van der Waals surface area contributed by atoms with Crippen molar-refractivity contribution in [1.29, 1.82) is 0 Å². The molecule has 0 radical (unpaired) electrons. The minimum absolute atomic E-state index is 0.982. The number of hydrogen-bond acceptors (Lipinski definition) is 2. The first kappa shape index (κ1) is 12.1. The Balaban J connectivity index is 1.50. The van der Waals surface area contributed by atoms with Crippen LogP contribution in [0.15, 0.2) is 47.4 Å². The van der Waals surface area contributed by atoms with E-state index < -0.39 is 0 Å². The summed E-state index contributed by atoms with van der Waals surface area (Å²) < 4.78 is 0. The number of thioether (sulfide) groups is 1. The maximum absolute atomic E-state index is 3.53. The van der Waals surface area contributed by atoms with E-state index in [-0.39, 0.29) is 0 Å². The average molecular weight is 257 g/mol. The smallest absolute Gasteiger partial charge is 0.0106 e. The molecule has 3 rings (SSSR count). The minimum atomic E-state index is 0.982. The third-order valence-corrected chi connectivity index (χ3v) is 4.39. The maximum atomic E-state index is 3.53. The molecule has 2 heteroatoms. The number of rotatable bonds is 6. The molecule has 0 atom stereocenters. The summed E-state index contributed by atoms with van der Waals surface area (Å²) in [6, 6.07) is 15.3. The van der Waals surface area contributed by atoms with Crippen LogP contribution in [0.3, 0.4) is 0 Å². The molecule has 18 heavy (non-hydrogen) atoms. The Hall–Kier alpha value is -0.990. The summed E-state index contributed by atoms with van der Waals surface area (Å²) in [7, 11) is 0. The van der Waals surface area contributed by atoms with E-state index in [9.17, 15) is 0 Å². The molecule has 0 aliphatic heterocycles. The number of hydrogen-bond donors (Lipinski definition) is 1. The van der Waals surface area contributed by atoms with E-state index in [1.807, 2.05) is 11.8 Å². The molecule has 1 aliphatic carbocycles. The molecule has 2 aromatic rings. The lowest BCUT2D eigenvalue weighted by atomic mass is 10.1. The summed E-state index contributed by atoms with van der Waals surface area (Å²) in [4.78, 5) is 1.38. The first-order valence-electron chi connectivity index (χ1n) is 6.74. The quantitative estimate of drug-likeness (QED) is 0.621. The second-order valence-corrected chi connectivity index (χ2v) is 6.17. The third-order valence-electron chi connectivity index (χ3n) is 3.40. The van der Waals surface area contributed by atoms with E-state index in [0.29, 0.717) is 0 Å². The van der Waals surface area contributed by atoms with Crippen LogP contribution in [0.4, 0.5) is 0 Å². The lowest BCUT2D eigenvalue weighted by Gasteiger charge is -2.05. The van der Waals surface area contributed by atoms with Crippen LogP contribution in [0.5, 0.6) is 0 Å². The van der Waals surface area contributed by atoms with Gasteiger partial charge in [0.1, 0.15) is 0 Å². The van der Waals surface area contributed by atoms with Crippen LogP contribution < -0.4 is 5.32 Å². The average Bonchev–Trinajstić information content (AvgIpc) is 3.22. The van der Waals surface area contributed by atoms with Crippen LogP contribution in [0, 0.1) is 5.92 Å². The molecule has 94 valence electrons. The summed E-state index contributed by atoms with van der Waals surface area (Å²) in [6.45, 7) is 2.34. The van der Waals surface area contributed by atoms with Crippen molar-refractivity contribution in [3.05, 3.63) is 42.5 Å². The van der Waals surface area contributed by atoms with Gasteiger partial charge in [-0.25, -0.2) is 0 Å². The summed E-state index contributed by atoms with van der Waals surface area (Å²) in [5.41, 5.74) is 0. The monoisotopic (exact) mass is 257 g/mol. The van der Waals surface area contributed by atoms with E-state index in [2.05, 4.69) is 47.8 Å². The topological polar surface area (TPSA) is 12.0 Å². The van der Waals surface area contributed by atoms with Crippen molar-refractivity contribution in [3.8, 4) is 0 Å². The molecule has 1 N–H and O–H groups in total. The standard InChI is InChI=1S/C16H19NS/c1-2-4-15-11-16(8-7-14(15)3-1)18-10-9-17-12-13-5-6-13/h1-4,7-8,11,13,17H,5-6,9-10,12H2. The van der Waals surface area contributed by atoms with Gasteiger partial charge in [0, 0.05) is 17.2 Å². The van der Waals surface area contributed by atoms with Gasteiger partial charge in [-0.05, 0) is 48.2 Å². The van der Waals surface area contributed by atoms with Crippen molar-refractivity contribution in [2.75, 3.05) is 18.8 Å². The first-order valence-corrected chi connectivity index (χ1v) is 7.73. The molecule has 0 amide bonds. The molecule has 1 aliphatic rings. The fraction of sp³-hybridized carbons (Fsp3) is 0.375.